The molecule has 0 unspecified atom stereocenters. The van der Waals surface area contributed by atoms with Gasteiger partial charge in [-0.3, -0.25) is 9.78 Å². The van der Waals surface area contributed by atoms with E-state index in [9.17, 15) is 4.79 Å². The fourth-order valence-electron chi connectivity index (χ4n) is 1.55. The summed E-state index contributed by atoms with van der Waals surface area (Å²) in [5, 5.41) is 1.85. The second-order valence-corrected chi connectivity index (χ2v) is 3.36. The molecule has 0 fully saturated rings. The highest BCUT2D eigenvalue weighted by Crippen LogP contribution is 2.18. The minimum absolute atomic E-state index is 0.436. The van der Waals surface area contributed by atoms with Gasteiger partial charge in [0.05, 0.1) is 5.56 Å². The van der Waals surface area contributed by atoms with Crippen LogP contribution in [0.4, 0.5) is 0 Å². The molecular formula is C13H10N2O. The van der Waals surface area contributed by atoms with Crippen molar-refractivity contribution in [1.29, 1.82) is 0 Å². The van der Waals surface area contributed by atoms with Crippen LogP contribution in [-0.4, -0.2) is 10.9 Å². The van der Waals surface area contributed by atoms with Crippen molar-refractivity contribution >= 4 is 16.7 Å². The molecule has 0 aliphatic carbocycles. The summed E-state index contributed by atoms with van der Waals surface area (Å²) in [6.07, 6.45) is 3.42. The molecule has 0 saturated carbocycles. The average Bonchev–Trinajstić information content (AvgIpc) is 2.29. The second kappa shape index (κ2) is 4.03. The van der Waals surface area contributed by atoms with E-state index >= 15 is 0 Å². The molecule has 1 aromatic carbocycles. The van der Waals surface area contributed by atoms with E-state index in [0.29, 0.717) is 5.56 Å². The molecular weight excluding hydrogens is 200 g/mol. The standard InChI is InChI=1S/C13H10N2O/c1-2-3-10-7-15-8-11-5-4-9(13(14)16)6-12(10)11/h4-8H,1H3,(H2,14,16). The van der Waals surface area contributed by atoms with Crippen LogP contribution < -0.4 is 5.73 Å². The van der Waals surface area contributed by atoms with Crippen molar-refractivity contribution in [3.8, 4) is 11.8 Å². The number of fused-ring (bicyclic) bond motifs is 1. The van der Waals surface area contributed by atoms with Crippen molar-refractivity contribution in [2.24, 2.45) is 5.73 Å². The predicted octanol–water partition coefficient (Wildman–Crippen LogP) is 1.71. The van der Waals surface area contributed by atoms with Crippen molar-refractivity contribution in [2.75, 3.05) is 0 Å². The topological polar surface area (TPSA) is 56.0 Å². The first-order chi connectivity index (χ1) is 7.72. The molecule has 0 atom stereocenters. The fourth-order valence-corrected chi connectivity index (χ4v) is 1.55. The summed E-state index contributed by atoms with van der Waals surface area (Å²) in [5.74, 6) is 5.33. The molecule has 1 aromatic heterocycles. The number of benzene rings is 1. The van der Waals surface area contributed by atoms with Crippen LogP contribution in [0, 0.1) is 11.8 Å². The van der Waals surface area contributed by atoms with Crippen LogP contribution >= 0.6 is 0 Å². The number of amides is 1. The summed E-state index contributed by atoms with van der Waals surface area (Å²) in [4.78, 5) is 15.2. The quantitative estimate of drug-likeness (QED) is 0.728. The minimum Gasteiger partial charge on any atom is -0.366 e. The van der Waals surface area contributed by atoms with Crippen LogP contribution in [0.15, 0.2) is 30.6 Å². The maximum Gasteiger partial charge on any atom is 0.248 e. The van der Waals surface area contributed by atoms with E-state index in [2.05, 4.69) is 16.8 Å². The highest BCUT2D eigenvalue weighted by atomic mass is 16.1. The van der Waals surface area contributed by atoms with E-state index in [1.54, 1.807) is 31.5 Å². The van der Waals surface area contributed by atoms with E-state index in [1.165, 1.54) is 0 Å². The molecule has 2 N–H and O–H groups in total. The van der Waals surface area contributed by atoms with Gasteiger partial charge in [-0.05, 0) is 19.1 Å². The van der Waals surface area contributed by atoms with E-state index in [-0.39, 0.29) is 0 Å². The number of nitrogens with two attached hydrogens (primary N) is 1. The van der Waals surface area contributed by atoms with Gasteiger partial charge in [0.1, 0.15) is 0 Å². The third kappa shape index (κ3) is 1.73. The van der Waals surface area contributed by atoms with E-state index in [4.69, 9.17) is 5.73 Å². The molecule has 3 nitrogen and oxygen atoms in total. The number of carbonyl (C=O) groups excluding carboxylic acids is 1. The van der Waals surface area contributed by atoms with Crippen molar-refractivity contribution in [2.45, 2.75) is 6.92 Å². The van der Waals surface area contributed by atoms with Gasteiger partial charge < -0.3 is 5.73 Å². The smallest absolute Gasteiger partial charge is 0.248 e. The summed E-state index contributed by atoms with van der Waals surface area (Å²) in [6.45, 7) is 1.76. The summed E-state index contributed by atoms with van der Waals surface area (Å²) < 4.78 is 0. The lowest BCUT2D eigenvalue weighted by molar-refractivity contribution is 0.100. The van der Waals surface area contributed by atoms with Gasteiger partial charge in [-0.25, -0.2) is 0 Å². The van der Waals surface area contributed by atoms with Gasteiger partial charge in [0.2, 0.25) is 5.91 Å². The Morgan fingerprint density at radius 1 is 1.38 bits per heavy atom. The highest BCUT2D eigenvalue weighted by molar-refractivity contribution is 5.98. The number of hydrogen-bond donors (Lipinski definition) is 1. The third-order valence-electron chi connectivity index (χ3n) is 2.30. The predicted molar refractivity (Wildman–Crippen MR) is 62.8 cm³/mol. The maximum absolute atomic E-state index is 11.1. The van der Waals surface area contributed by atoms with Gasteiger partial charge in [-0.1, -0.05) is 12.0 Å². The van der Waals surface area contributed by atoms with Crippen LogP contribution in [0.1, 0.15) is 22.8 Å². The molecule has 0 saturated heterocycles. The Labute approximate surface area is 93.3 Å². The summed E-state index contributed by atoms with van der Waals surface area (Å²) in [7, 11) is 0. The molecule has 3 heteroatoms. The zero-order chi connectivity index (χ0) is 11.5. The molecule has 1 heterocycles. The highest BCUT2D eigenvalue weighted by Gasteiger charge is 2.04. The first-order valence-electron chi connectivity index (χ1n) is 4.82. The fraction of sp³-hybridized carbons (Fsp3) is 0.0769. The number of rotatable bonds is 1. The number of pyridine rings is 1. The molecule has 0 radical (unpaired) electrons. The Morgan fingerprint density at radius 3 is 2.88 bits per heavy atom. The van der Waals surface area contributed by atoms with Gasteiger partial charge in [0.15, 0.2) is 0 Å². The Balaban J connectivity index is 2.76. The van der Waals surface area contributed by atoms with Crippen LogP contribution in [0.5, 0.6) is 0 Å². The van der Waals surface area contributed by atoms with Gasteiger partial charge in [0.25, 0.3) is 0 Å². The number of hydrogen-bond acceptors (Lipinski definition) is 2. The molecule has 2 aromatic rings. The lowest BCUT2D eigenvalue weighted by Gasteiger charge is -2.02. The molecule has 0 spiro atoms. The van der Waals surface area contributed by atoms with Crippen LogP contribution in [0.25, 0.3) is 10.8 Å². The van der Waals surface area contributed by atoms with Crippen LogP contribution in [-0.2, 0) is 0 Å². The van der Waals surface area contributed by atoms with Gasteiger partial charge >= 0.3 is 0 Å². The van der Waals surface area contributed by atoms with Crippen LogP contribution in [0.3, 0.4) is 0 Å². The number of nitrogens with zero attached hydrogens (tertiary/aromatic N) is 1. The number of aromatic nitrogens is 1. The van der Waals surface area contributed by atoms with Gasteiger partial charge in [-0.2, -0.15) is 0 Å². The third-order valence-corrected chi connectivity index (χ3v) is 2.30. The summed E-state index contributed by atoms with van der Waals surface area (Å²) in [6, 6.07) is 5.26. The monoisotopic (exact) mass is 210 g/mol. The van der Waals surface area contributed by atoms with E-state index in [1.807, 2.05) is 6.07 Å². The molecule has 2 rings (SSSR count). The lowest BCUT2D eigenvalue weighted by Crippen LogP contribution is -2.10. The molecule has 0 bridgehead atoms. The zero-order valence-electron chi connectivity index (χ0n) is 8.82. The SMILES string of the molecule is CC#Cc1cncc2ccc(C(N)=O)cc12. The van der Waals surface area contributed by atoms with E-state index in [0.717, 1.165) is 16.3 Å². The molecule has 0 aliphatic heterocycles. The molecule has 0 aliphatic rings. The van der Waals surface area contributed by atoms with Crippen molar-refractivity contribution < 1.29 is 4.79 Å². The normalized spacial score (nSPS) is 9.56. The second-order valence-electron chi connectivity index (χ2n) is 3.36. The Kier molecular flexibility index (Phi) is 2.57. The lowest BCUT2D eigenvalue weighted by atomic mass is 10.0. The molecule has 78 valence electrons. The van der Waals surface area contributed by atoms with Crippen LogP contribution in [0.2, 0.25) is 0 Å². The molecule has 16 heavy (non-hydrogen) atoms. The largest absolute Gasteiger partial charge is 0.366 e. The Bertz CT molecular complexity index is 621. The van der Waals surface area contributed by atoms with Crippen molar-refractivity contribution in [3.63, 3.8) is 0 Å². The molecule has 1 amide bonds. The maximum atomic E-state index is 11.1. The number of carbonyl (C=O) groups is 1. The minimum atomic E-state index is -0.436. The first kappa shape index (κ1) is 10.2. The summed E-state index contributed by atoms with van der Waals surface area (Å²) in [5.41, 5.74) is 6.53. The van der Waals surface area contributed by atoms with Crippen molar-refractivity contribution in [3.05, 3.63) is 41.7 Å². The number of primary amides is 1. The summed E-state index contributed by atoms with van der Waals surface area (Å²) >= 11 is 0. The van der Waals surface area contributed by atoms with Gasteiger partial charge in [0, 0.05) is 28.7 Å². The average molecular weight is 210 g/mol. The Morgan fingerprint density at radius 2 is 2.19 bits per heavy atom. The Hall–Kier alpha value is -2.34. The first-order valence-corrected chi connectivity index (χ1v) is 4.82. The van der Waals surface area contributed by atoms with Crippen molar-refractivity contribution in [1.82, 2.24) is 4.98 Å². The zero-order valence-corrected chi connectivity index (χ0v) is 8.82. The van der Waals surface area contributed by atoms with E-state index < -0.39 is 5.91 Å². The van der Waals surface area contributed by atoms with Gasteiger partial charge in [-0.15, -0.1) is 5.92 Å².